The highest BCUT2D eigenvalue weighted by Crippen LogP contribution is 2.36. The predicted octanol–water partition coefficient (Wildman–Crippen LogP) is 5.54. The Balaban J connectivity index is 0.00000182. The maximum atomic E-state index is 9.42. The molecule has 2 aromatic heterocycles. The minimum atomic E-state index is 0. The lowest BCUT2D eigenvalue weighted by Gasteiger charge is -2.07. The number of phenolic OH excluding ortho intramolecular Hbond substituents is 1. The smallest absolute Gasteiger partial charge is 0.142 e. The molecule has 4 nitrogen and oxygen atoms in total. The first-order valence-corrected chi connectivity index (χ1v) is 8.40. The normalized spacial score (nSPS) is 10.4. The molecule has 0 fully saturated rings. The summed E-state index contributed by atoms with van der Waals surface area (Å²) >= 11 is 1.66. The largest absolute Gasteiger partial charge is 0.508 e. The minimum Gasteiger partial charge on any atom is -0.508 e. The fourth-order valence-corrected chi connectivity index (χ4v) is 3.63. The van der Waals surface area contributed by atoms with E-state index in [0.29, 0.717) is 0 Å². The number of phenols is 1. The molecule has 0 aliphatic heterocycles. The number of halogens is 1. The van der Waals surface area contributed by atoms with Crippen LogP contribution in [0.1, 0.15) is 5.82 Å². The number of nitrogens with zero attached hydrogens (tertiary/aromatic N) is 2. The third-order valence-corrected chi connectivity index (χ3v) is 4.77. The van der Waals surface area contributed by atoms with Gasteiger partial charge in [-0.15, -0.1) is 23.7 Å². The first-order chi connectivity index (χ1) is 11.7. The summed E-state index contributed by atoms with van der Waals surface area (Å²) in [5.74, 6) is 1.75. The lowest BCUT2D eigenvalue weighted by molar-refractivity contribution is 0.475. The van der Waals surface area contributed by atoms with Gasteiger partial charge in [-0.2, -0.15) is 0 Å². The van der Waals surface area contributed by atoms with Gasteiger partial charge in [-0.3, -0.25) is 0 Å². The zero-order valence-corrected chi connectivity index (χ0v) is 15.1. The van der Waals surface area contributed by atoms with Gasteiger partial charge in [-0.05, 0) is 42.8 Å². The molecule has 0 spiro atoms. The van der Waals surface area contributed by atoms with Gasteiger partial charge in [0.25, 0.3) is 0 Å². The number of anilines is 2. The van der Waals surface area contributed by atoms with Crippen molar-refractivity contribution in [1.82, 2.24) is 9.97 Å². The fraction of sp³-hybridized carbons (Fsp3) is 0.0526. The molecule has 25 heavy (non-hydrogen) atoms. The third-order valence-electron chi connectivity index (χ3n) is 3.69. The molecule has 4 rings (SSSR count). The van der Waals surface area contributed by atoms with E-state index in [-0.39, 0.29) is 18.2 Å². The Morgan fingerprint density at radius 3 is 2.40 bits per heavy atom. The maximum absolute atomic E-state index is 9.42. The number of hydrogen-bond donors (Lipinski definition) is 2. The molecule has 0 atom stereocenters. The molecule has 0 aliphatic carbocycles. The van der Waals surface area contributed by atoms with Crippen LogP contribution in [0.5, 0.6) is 5.75 Å². The van der Waals surface area contributed by atoms with Crippen molar-refractivity contribution < 1.29 is 5.11 Å². The Kier molecular flexibility index (Phi) is 4.88. The average molecular weight is 370 g/mol. The number of benzene rings is 2. The Bertz CT molecular complexity index is 1000. The van der Waals surface area contributed by atoms with Crippen LogP contribution < -0.4 is 5.32 Å². The Labute approximate surface area is 155 Å². The van der Waals surface area contributed by atoms with Crippen LogP contribution in [-0.2, 0) is 0 Å². The van der Waals surface area contributed by atoms with E-state index in [2.05, 4.69) is 33.5 Å². The number of thiophene rings is 1. The maximum Gasteiger partial charge on any atom is 0.142 e. The molecule has 0 saturated heterocycles. The molecule has 4 aromatic rings. The molecular weight excluding hydrogens is 354 g/mol. The van der Waals surface area contributed by atoms with Crippen LogP contribution in [0.15, 0.2) is 60.7 Å². The molecule has 0 aliphatic rings. The minimum absolute atomic E-state index is 0. The lowest BCUT2D eigenvalue weighted by atomic mass is 10.2. The van der Waals surface area contributed by atoms with Crippen molar-refractivity contribution >= 4 is 45.5 Å². The Hall–Kier alpha value is -2.63. The van der Waals surface area contributed by atoms with Crippen molar-refractivity contribution in [2.24, 2.45) is 0 Å². The standard InChI is InChI=1S/C19H15N3OS.ClH/c1-12-20-18(22-14-7-9-15(23)10-8-14)16-11-17(24-19(16)21-12)13-5-3-2-4-6-13;/h2-11,23H,1H3,(H,20,21,22);1H. The monoisotopic (exact) mass is 369 g/mol. The van der Waals surface area contributed by atoms with Gasteiger partial charge < -0.3 is 10.4 Å². The Morgan fingerprint density at radius 1 is 0.960 bits per heavy atom. The van der Waals surface area contributed by atoms with Crippen molar-refractivity contribution in [2.75, 3.05) is 5.32 Å². The molecule has 2 heterocycles. The summed E-state index contributed by atoms with van der Waals surface area (Å²) in [5.41, 5.74) is 2.05. The Morgan fingerprint density at radius 2 is 1.68 bits per heavy atom. The highest BCUT2D eigenvalue weighted by molar-refractivity contribution is 7.21. The van der Waals surface area contributed by atoms with Gasteiger partial charge in [0.2, 0.25) is 0 Å². The van der Waals surface area contributed by atoms with E-state index in [4.69, 9.17) is 0 Å². The molecule has 0 unspecified atom stereocenters. The number of hydrogen-bond acceptors (Lipinski definition) is 5. The number of aryl methyl sites for hydroxylation is 1. The van der Waals surface area contributed by atoms with Crippen LogP contribution in [0.2, 0.25) is 0 Å². The molecule has 0 saturated carbocycles. The summed E-state index contributed by atoms with van der Waals surface area (Å²) in [6.07, 6.45) is 0. The number of nitrogens with one attached hydrogen (secondary N) is 1. The summed E-state index contributed by atoms with van der Waals surface area (Å²) in [6, 6.07) is 19.3. The van der Waals surface area contributed by atoms with E-state index in [0.717, 1.165) is 27.5 Å². The molecule has 2 N–H and O–H groups in total. The number of aromatic nitrogens is 2. The van der Waals surface area contributed by atoms with E-state index < -0.39 is 0 Å². The van der Waals surface area contributed by atoms with Crippen LogP contribution in [0.25, 0.3) is 20.7 Å². The number of fused-ring (bicyclic) bond motifs is 1. The van der Waals surface area contributed by atoms with Crippen LogP contribution in [0.3, 0.4) is 0 Å². The van der Waals surface area contributed by atoms with Gasteiger partial charge in [0.1, 0.15) is 22.2 Å². The van der Waals surface area contributed by atoms with Gasteiger partial charge in [0.05, 0.1) is 5.39 Å². The summed E-state index contributed by atoms with van der Waals surface area (Å²) in [5, 5.41) is 13.7. The van der Waals surface area contributed by atoms with E-state index in [1.165, 1.54) is 10.4 Å². The molecular formula is C19H16ClN3OS. The number of rotatable bonds is 3. The third kappa shape index (κ3) is 3.57. The average Bonchev–Trinajstić information content (AvgIpc) is 3.02. The van der Waals surface area contributed by atoms with Gasteiger partial charge in [0, 0.05) is 10.6 Å². The second-order valence-corrected chi connectivity index (χ2v) is 6.52. The molecule has 2 aromatic carbocycles. The first-order valence-electron chi connectivity index (χ1n) is 7.59. The van der Waals surface area contributed by atoms with Crippen molar-refractivity contribution in [3.63, 3.8) is 0 Å². The van der Waals surface area contributed by atoms with E-state index in [1.807, 2.05) is 37.3 Å². The van der Waals surface area contributed by atoms with E-state index in [1.54, 1.807) is 23.5 Å². The zero-order chi connectivity index (χ0) is 16.5. The highest BCUT2D eigenvalue weighted by Gasteiger charge is 2.12. The summed E-state index contributed by atoms with van der Waals surface area (Å²) in [4.78, 5) is 11.2. The van der Waals surface area contributed by atoms with Gasteiger partial charge >= 0.3 is 0 Å². The van der Waals surface area contributed by atoms with E-state index in [9.17, 15) is 5.11 Å². The predicted molar refractivity (Wildman–Crippen MR) is 106 cm³/mol. The summed E-state index contributed by atoms with van der Waals surface area (Å²) in [6.45, 7) is 1.89. The van der Waals surface area contributed by atoms with Crippen LogP contribution in [-0.4, -0.2) is 15.1 Å². The van der Waals surface area contributed by atoms with Crippen molar-refractivity contribution in [3.8, 4) is 16.2 Å². The molecule has 6 heteroatoms. The highest BCUT2D eigenvalue weighted by atomic mass is 35.5. The molecule has 0 radical (unpaired) electrons. The van der Waals surface area contributed by atoms with Crippen molar-refractivity contribution in [3.05, 3.63) is 66.5 Å². The van der Waals surface area contributed by atoms with Crippen LogP contribution >= 0.6 is 23.7 Å². The van der Waals surface area contributed by atoms with Gasteiger partial charge in [0.15, 0.2) is 0 Å². The first kappa shape index (κ1) is 17.2. The van der Waals surface area contributed by atoms with Crippen molar-refractivity contribution in [1.29, 1.82) is 0 Å². The molecule has 0 amide bonds. The second-order valence-electron chi connectivity index (χ2n) is 5.49. The van der Waals surface area contributed by atoms with Crippen LogP contribution in [0, 0.1) is 6.92 Å². The van der Waals surface area contributed by atoms with Crippen molar-refractivity contribution in [2.45, 2.75) is 6.92 Å². The molecule has 0 bridgehead atoms. The lowest BCUT2D eigenvalue weighted by Crippen LogP contribution is -1.97. The van der Waals surface area contributed by atoms with Gasteiger partial charge in [-0.25, -0.2) is 9.97 Å². The zero-order valence-electron chi connectivity index (χ0n) is 13.4. The number of aromatic hydroxyl groups is 1. The topological polar surface area (TPSA) is 58.0 Å². The quantitative estimate of drug-likeness (QED) is 0.465. The van der Waals surface area contributed by atoms with E-state index >= 15 is 0 Å². The fourth-order valence-electron chi connectivity index (χ4n) is 2.55. The second kappa shape index (κ2) is 7.09. The summed E-state index contributed by atoms with van der Waals surface area (Å²) in [7, 11) is 0. The molecule has 126 valence electrons. The van der Waals surface area contributed by atoms with Gasteiger partial charge in [-0.1, -0.05) is 30.3 Å². The summed E-state index contributed by atoms with van der Waals surface area (Å²) < 4.78 is 0. The SMILES string of the molecule is Cc1nc(Nc2ccc(O)cc2)c2cc(-c3ccccc3)sc2n1.Cl. The van der Waals surface area contributed by atoms with Crippen LogP contribution in [0.4, 0.5) is 11.5 Å².